The summed E-state index contributed by atoms with van der Waals surface area (Å²) >= 11 is 0. The van der Waals surface area contributed by atoms with E-state index in [2.05, 4.69) is 0 Å². The number of nitrogens with two attached hydrogens (primary N) is 1. The van der Waals surface area contributed by atoms with E-state index in [4.69, 9.17) is 5.73 Å². The Labute approximate surface area is 78.2 Å². The van der Waals surface area contributed by atoms with Crippen molar-refractivity contribution in [3.8, 4) is 0 Å². The Kier molecular flexibility index (Phi) is 3.46. The highest BCUT2D eigenvalue weighted by molar-refractivity contribution is 5.74. The molecule has 1 aromatic rings. The van der Waals surface area contributed by atoms with Gasteiger partial charge in [-0.15, -0.1) is 0 Å². The first kappa shape index (κ1) is 9.74. The lowest BCUT2D eigenvalue weighted by Crippen LogP contribution is -2.27. The molecule has 2 N–H and O–H groups in total. The lowest BCUT2D eigenvalue weighted by molar-refractivity contribution is -0.107. The van der Waals surface area contributed by atoms with Gasteiger partial charge in [0.05, 0.1) is 0 Å². The highest BCUT2D eigenvalue weighted by atomic mass is 16.1. The number of rotatable bonds is 4. The van der Waals surface area contributed by atoms with Crippen LogP contribution in [0.15, 0.2) is 24.3 Å². The monoisotopic (exact) mass is 178 g/mol. The van der Waals surface area contributed by atoms with Crippen LogP contribution in [0, 0.1) is 6.92 Å². The Morgan fingerprint density at radius 1 is 1.38 bits per heavy atom. The zero-order valence-corrected chi connectivity index (χ0v) is 7.73. The first-order valence-corrected chi connectivity index (χ1v) is 4.26. The second-order valence-electron chi connectivity index (χ2n) is 2.92. The molecule has 0 unspecified atom stereocenters. The molecule has 0 bridgehead atoms. The minimum atomic E-state index is 0.479. The van der Waals surface area contributed by atoms with E-state index in [1.54, 1.807) is 4.90 Å². The van der Waals surface area contributed by atoms with Crippen molar-refractivity contribution < 1.29 is 4.79 Å². The molecule has 3 heteroatoms. The smallest absolute Gasteiger partial charge is 0.214 e. The number of benzene rings is 1. The van der Waals surface area contributed by atoms with Gasteiger partial charge in [0, 0.05) is 18.8 Å². The predicted octanol–water partition coefficient (Wildman–Crippen LogP) is 0.917. The SMILES string of the molecule is Cc1ccc(N(C=O)CCN)cc1. The third-order valence-corrected chi connectivity index (χ3v) is 1.86. The summed E-state index contributed by atoms with van der Waals surface area (Å²) in [5.74, 6) is 0. The Morgan fingerprint density at radius 3 is 2.46 bits per heavy atom. The molecule has 0 saturated heterocycles. The first-order valence-electron chi connectivity index (χ1n) is 4.26. The van der Waals surface area contributed by atoms with Gasteiger partial charge in [-0.3, -0.25) is 4.79 Å². The van der Waals surface area contributed by atoms with Gasteiger partial charge in [0.2, 0.25) is 6.41 Å². The van der Waals surface area contributed by atoms with Crippen molar-refractivity contribution in [2.24, 2.45) is 5.73 Å². The van der Waals surface area contributed by atoms with Gasteiger partial charge in [-0.25, -0.2) is 0 Å². The fraction of sp³-hybridized carbons (Fsp3) is 0.300. The maximum absolute atomic E-state index is 10.7. The van der Waals surface area contributed by atoms with Crippen LogP contribution in [-0.2, 0) is 4.79 Å². The Balaban J connectivity index is 2.79. The molecule has 3 nitrogen and oxygen atoms in total. The molecule has 0 aliphatic rings. The van der Waals surface area contributed by atoms with E-state index in [1.807, 2.05) is 31.2 Å². The summed E-state index contributed by atoms with van der Waals surface area (Å²) in [5.41, 5.74) is 7.45. The minimum Gasteiger partial charge on any atom is -0.329 e. The molecule has 0 heterocycles. The molecule has 1 amide bonds. The van der Waals surface area contributed by atoms with Gasteiger partial charge < -0.3 is 10.6 Å². The Bertz CT molecular complexity index is 269. The second kappa shape index (κ2) is 4.62. The molecule has 0 aliphatic heterocycles. The summed E-state index contributed by atoms with van der Waals surface area (Å²) in [6, 6.07) is 7.78. The zero-order chi connectivity index (χ0) is 9.68. The lowest BCUT2D eigenvalue weighted by Gasteiger charge is -2.15. The molecule has 0 fully saturated rings. The largest absolute Gasteiger partial charge is 0.329 e. The van der Waals surface area contributed by atoms with E-state index in [-0.39, 0.29) is 0 Å². The van der Waals surface area contributed by atoms with E-state index in [9.17, 15) is 4.79 Å². The summed E-state index contributed by atoms with van der Waals surface area (Å²) in [6.07, 6.45) is 0.803. The molecular formula is C10H14N2O. The van der Waals surface area contributed by atoms with E-state index in [0.717, 1.165) is 12.1 Å². The number of hydrogen-bond donors (Lipinski definition) is 1. The number of amides is 1. The summed E-state index contributed by atoms with van der Waals surface area (Å²) in [6.45, 7) is 3.05. The minimum absolute atomic E-state index is 0.479. The Hall–Kier alpha value is -1.35. The van der Waals surface area contributed by atoms with Crippen molar-refractivity contribution in [3.63, 3.8) is 0 Å². The summed E-state index contributed by atoms with van der Waals surface area (Å²) in [7, 11) is 0. The van der Waals surface area contributed by atoms with Crippen molar-refractivity contribution in [1.82, 2.24) is 0 Å². The van der Waals surface area contributed by atoms with E-state index in [0.29, 0.717) is 13.1 Å². The maximum Gasteiger partial charge on any atom is 0.214 e. The number of aryl methyl sites for hydroxylation is 1. The molecular weight excluding hydrogens is 164 g/mol. The van der Waals surface area contributed by atoms with Gasteiger partial charge in [-0.1, -0.05) is 17.7 Å². The van der Waals surface area contributed by atoms with Gasteiger partial charge >= 0.3 is 0 Å². The van der Waals surface area contributed by atoms with Crippen LogP contribution in [-0.4, -0.2) is 19.5 Å². The van der Waals surface area contributed by atoms with Gasteiger partial charge in [0.25, 0.3) is 0 Å². The fourth-order valence-corrected chi connectivity index (χ4v) is 1.12. The van der Waals surface area contributed by atoms with Crippen LogP contribution in [0.25, 0.3) is 0 Å². The van der Waals surface area contributed by atoms with Crippen molar-refractivity contribution in [2.45, 2.75) is 6.92 Å². The predicted molar refractivity (Wildman–Crippen MR) is 53.6 cm³/mol. The molecule has 0 aromatic heterocycles. The van der Waals surface area contributed by atoms with E-state index >= 15 is 0 Å². The molecule has 1 aromatic carbocycles. The molecule has 0 spiro atoms. The lowest BCUT2D eigenvalue weighted by atomic mass is 10.2. The molecule has 70 valence electrons. The number of carbonyl (C=O) groups is 1. The first-order chi connectivity index (χ1) is 6.27. The number of carbonyl (C=O) groups excluding carboxylic acids is 1. The molecule has 1 rings (SSSR count). The summed E-state index contributed by atoms with van der Waals surface area (Å²) in [5, 5.41) is 0. The van der Waals surface area contributed by atoms with Crippen molar-refractivity contribution >= 4 is 12.1 Å². The van der Waals surface area contributed by atoms with Crippen molar-refractivity contribution in [2.75, 3.05) is 18.0 Å². The number of nitrogens with zero attached hydrogens (tertiary/aromatic N) is 1. The van der Waals surface area contributed by atoms with Crippen LogP contribution in [0.1, 0.15) is 5.56 Å². The Morgan fingerprint density at radius 2 is 2.00 bits per heavy atom. The van der Waals surface area contributed by atoms with E-state index in [1.165, 1.54) is 5.56 Å². The van der Waals surface area contributed by atoms with Gasteiger partial charge in [0.1, 0.15) is 0 Å². The third kappa shape index (κ3) is 2.56. The van der Waals surface area contributed by atoms with Crippen LogP contribution >= 0.6 is 0 Å². The standard InChI is InChI=1S/C10H14N2O/c1-9-2-4-10(5-3-9)12(8-13)7-6-11/h2-5,8H,6-7,11H2,1H3. The maximum atomic E-state index is 10.7. The molecule has 13 heavy (non-hydrogen) atoms. The molecule has 0 atom stereocenters. The van der Waals surface area contributed by atoms with Crippen LogP contribution in [0.4, 0.5) is 5.69 Å². The van der Waals surface area contributed by atoms with Gasteiger partial charge in [0.15, 0.2) is 0 Å². The van der Waals surface area contributed by atoms with E-state index < -0.39 is 0 Å². The summed E-state index contributed by atoms with van der Waals surface area (Å²) in [4.78, 5) is 12.2. The topological polar surface area (TPSA) is 46.3 Å². The fourth-order valence-electron chi connectivity index (χ4n) is 1.12. The molecule has 0 saturated carbocycles. The average Bonchev–Trinajstić information content (AvgIpc) is 2.16. The quantitative estimate of drug-likeness (QED) is 0.697. The van der Waals surface area contributed by atoms with Gasteiger partial charge in [-0.05, 0) is 19.1 Å². The van der Waals surface area contributed by atoms with Crippen LogP contribution in [0.2, 0.25) is 0 Å². The molecule has 0 aliphatic carbocycles. The van der Waals surface area contributed by atoms with Crippen LogP contribution in [0.3, 0.4) is 0 Å². The van der Waals surface area contributed by atoms with Crippen molar-refractivity contribution in [1.29, 1.82) is 0 Å². The molecule has 0 radical (unpaired) electrons. The zero-order valence-electron chi connectivity index (χ0n) is 7.73. The third-order valence-electron chi connectivity index (χ3n) is 1.86. The highest BCUT2D eigenvalue weighted by Gasteiger charge is 2.01. The second-order valence-corrected chi connectivity index (χ2v) is 2.92. The summed E-state index contributed by atoms with van der Waals surface area (Å²) < 4.78 is 0. The normalized spacial score (nSPS) is 9.69. The van der Waals surface area contributed by atoms with Crippen LogP contribution < -0.4 is 10.6 Å². The highest BCUT2D eigenvalue weighted by Crippen LogP contribution is 2.12. The number of anilines is 1. The number of hydrogen-bond acceptors (Lipinski definition) is 2. The van der Waals surface area contributed by atoms with Crippen LogP contribution in [0.5, 0.6) is 0 Å². The average molecular weight is 178 g/mol. The van der Waals surface area contributed by atoms with Gasteiger partial charge in [-0.2, -0.15) is 0 Å². The van der Waals surface area contributed by atoms with Crippen molar-refractivity contribution in [3.05, 3.63) is 29.8 Å².